The lowest BCUT2D eigenvalue weighted by molar-refractivity contribution is -0.137. The Morgan fingerprint density at radius 2 is 1.63 bits per heavy atom. The molecule has 1 saturated heterocycles. The van der Waals surface area contributed by atoms with Gasteiger partial charge in [-0.25, -0.2) is 8.42 Å². The normalized spacial score (nSPS) is 16.5. The molecule has 27 heavy (non-hydrogen) atoms. The third-order valence-corrected chi connectivity index (χ3v) is 6.65. The maximum atomic E-state index is 12.8. The Balaban J connectivity index is 2.07. The number of carbonyl (C=O) groups is 2. The van der Waals surface area contributed by atoms with Gasteiger partial charge in [0.15, 0.2) is 0 Å². The van der Waals surface area contributed by atoms with E-state index in [1.165, 1.54) is 28.6 Å². The number of hydrogen-bond donors (Lipinski definition) is 2. The van der Waals surface area contributed by atoms with Crippen molar-refractivity contribution in [3.8, 4) is 0 Å². The van der Waals surface area contributed by atoms with Crippen LogP contribution in [0.15, 0.2) is 29.2 Å². The van der Waals surface area contributed by atoms with Gasteiger partial charge >= 0.3 is 5.97 Å². The summed E-state index contributed by atoms with van der Waals surface area (Å²) in [5, 5.41) is 11.6. The minimum Gasteiger partial charge on any atom is -0.481 e. The van der Waals surface area contributed by atoms with Crippen molar-refractivity contribution in [3.63, 3.8) is 0 Å². The monoisotopic (exact) mass is 396 g/mol. The van der Waals surface area contributed by atoms with Crippen LogP contribution in [-0.2, 0) is 14.8 Å². The number of rotatable bonds is 7. The number of aliphatic carboxylic acids is 1. The Morgan fingerprint density at radius 1 is 1.07 bits per heavy atom. The molecule has 1 aromatic carbocycles. The van der Waals surface area contributed by atoms with Gasteiger partial charge in [-0.05, 0) is 57.4 Å². The Kier molecular flexibility index (Phi) is 7.00. The first-order valence-electron chi connectivity index (χ1n) is 9.26. The van der Waals surface area contributed by atoms with Crippen LogP contribution in [0.25, 0.3) is 0 Å². The van der Waals surface area contributed by atoms with E-state index in [4.69, 9.17) is 5.11 Å². The molecular weight excluding hydrogens is 368 g/mol. The van der Waals surface area contributed by atoms with E-state index in [2.05, 4.69) is 5.32 Å². The van der Waals surface area contributed by atoms with Gasteiger partial charge in [0.2, 0.25) is 10.0 Å². The van der Waals surface area contributed by atoms with Crippen LogP contribution < -0.4 is 5.32 Å². The fourth-order valence-electron chi connectivity index (χ4n) is 3.07. The molecule has 1 heterocycles. The number of benzene rings is 1. The number of hydrogen-bond acceptors (Lipinski definition) is 4. The third kappa shape index (κ3) is 6.04. The van der Waals surface area contributed by atoms with E-state index in [1.807, 2.05) is 0 Å². The van der Waals surface area contributed by atoms with Crippen LogP contribution in [0.2, 0.25) is 0 Å². The molecule has 1 amide bonds. The second-order valence-electron chi connectivity index (χ2n) is 7.57. The molecular formula is C19H28N2O5S. The summed E-state index contributed by atoms with van der Waals surface area (Å²) in [6, 6.07) is 5.90. The molecule has 2 rings (SSSR count). The number of amides is 1. The first-order valence-corrected chi connectivity index (χ1v) is 10.7. The zero-order valence-electron chi connectivity index (χ0n) is 15.9. The molecule has 1 aromatic rings. The zero-order chi connectivity index (χ0) is 20.1. The second kappa shape index (κ2) is 8.84. The molecule has 150 valence electrons. The van der Waals surface area contributed by atoms with Crippen molar-refractivity contribution >= 4 is 21.9 Å². The highest BCUT2D eigenvalue weighted by molar-refractivity contribution is 7.89. The Hall–Kier alpha value is -1.93. The Morgan fingerprint density at radius 3 is 2.15 bits per heavy atom. The minimum atomic E-state index is -3.54. The molecule has 0 atom stereocenters. The second-order valence-corrected chi connectivity index (χ2v) is 9.51. The summed E-state index contributed by atoms with van der Waals surface area (Å²) in [4.78, 5) is 23.3. The third-order valence-electron chi connectivity index (χ3n) is 4.74. The average Bonchev–Trinajstić information content (AvgIpc) is 2.90. The van der Waals surface area contributed by atoms with E-state index >= 15 is 0 Å². The number of sulfonamides is 1. The molecule has 8 heteroatoms. The summed E-state index contributed by atoms with van der Waals surface area (Å²) in [5.41, 5.74) is -0.333. The van der Waals surface area contributed by atoms with Crippen LogP contribution in [-0.4, -0.2) is 48.3 Å². The van der Waals surface area contributed by atoms with Crippen molar-refractivity contribution in [1.29, 1.82) is 0 Å². The van der Waals surface area contributed by atoms with E-state index < -0.39 is 21.5 Å². The van der Waals surface area contributed by atoms with Gasteiger partial charge in [0.1, 0.15) is 0 Å². The smallest absolute Gasteiger partial charge is 0.303 e. The number of nitrogens with one attached hydrogen (secondary N) is 1. The molecule has 0 bridgehead atoms. The highest BCUT2D eigenvalue weighted by Gasteiger charge is 2.26. The average molecular weight is 397 g/mol. The number of carboxylic acid groups (broad SMARTS) is 1. The summed E-state index contributed by atoms with van der Waals surface area (Å²) < 4.78 is 27.1. The quantitative estimate of drug-likeness (QED) is 0.737. The standard InChI is InChI=1S/C19H28N2O5S/c1-19(2,12-11-17(22)23)20-18(24)15-7-9-16(10-8-15)27(25,26)21-13-5-3-4-6-14-21/h7-10H,3-6,11-14H2,1-2H3,(H,20,24)(H,22,23). The van der Waals surface area contributed by atoms with Crippen molar-refractivity contribution < 1.29 is 23.1 Å². The van der Waals surface area contributed by atoms with Gasteiger partial charge < -0.3 is 10.4 Å². The first-order chi connectivity index (χ1) is 12.6. The number of carboxylic acids is 1. The van der Waals surface area contributed by atoms with Crippen LogP contribution in [0, 0.1) is 0 Å². The number of nitrogens with zero attached hydrogens (tertiary/aromatic N) is 1. The molecule has 0 aromatic heterocycles. The lowest BCUT2D eigenvalue weighted by Crippen LogP contribution is -2.43. The molecule has 7 nitrogen and oxygen atoms in total. The fraction of sp³-hybridized carbons (Fsp3) is 0.579. The Labute approximate surface area is 160 Å². The van der Waals surface area contributed by atoms with Gasteiger partial charge in [-0.15, -0.1) is 0 Å². The number of carbonyl (C=O) groups excluding carboxylic acids is 1. The highest BCUT2D eigenvalue weighted by Crippen LogP contribution is 2.21. The molecule has 1 aliphatic heterocycles. The summed E-state index contributed by atoms with van der Waals surface area (Å²) >= 11 is 0. The fourth-order valence-corrected chi connectivity index (χ4v) is 4.59. The molecule has 1 fully saturated rings. The van der Waals surface area contributed by atoms with Crippen molar-refractivity contribution in [2.24, 2.45) is 0 Å². The molecule has 0 unspecified atom stereocenters. The van der Waals surface area contributed by atoms with Gasteiger partial charge in [-0.3, -0.25) is 9.59 Å². The zero-order valence-corrected chi connectivity index (χ0v) is 16.7. The van der Waals surface area contributed by atoms with Crippen LogP contribution in [0.4, 0.5) is 0 Å². The molecule has 0 spiro atoms. The van der Waals surface area contributed by atoms with Gasteiger partial charge in [-0.1, -0.05) is 12.8 Å². The molecule has 0 aliphatic carbocycles. The maximum Gasteiger partial charge on any atom is 0.303 e. The van der Waals surface area contributed by atoms with E-state index in [-0.39, 0.29) is 17.2 Å². The van der Waals surface area contributed by atoms with Gasteiger partial charge in [0.05, 0.1) is 4.90 Å². The molecule has 0 radical (unpaired) electrons. The van der Waals surface area contributed by atoms with Crippen LogP contribution in [0.1, 0.15) is 62.7 Å². The highest BCUT2D eigenvalue weighted by atomic mass is 32.2. The lowest BCUT2D eigenvalue weighted by atomic mass is 9.98. The summed E-state index contributed by atoms with van der Waals surface area (Å²) in [7, 11) is -3.54. The van der Waals surface area contributed by atoms with Gasteiger partial charge in [0.25, 0.3) is 5.91 Å². The van der Waals surface area contributed by atoms with E-state index in [9.17, 15) is 18.0 Å². The predicted octanol–water partition coefficient (Wildman–Crippen LogP) is 2.62. The van der Waals surface area contributed by atoms with Gasteiger partial charge in [-0.2, -0.15) is 4.31 Å². The van der Waals surface area contributed by atoms with Crippen molar-refractivity contribution in [2.45, 2.75) is 62.8 Å². The van der Waals surface area contributed by atoms with Crippen LogP contribution in [0.3, 0.4) is 0 Å². The largest absolute Gasteiger partial charge is 0.481 e. The SMILES string of the molecule is CC(C)(CCC(=O)O)NC(=O)c1ccc(S(=O)(=O)N2CCCCCC2)cc1. The Bertz CT molecular complexity index is 764. The van der Waals surface area contributed by atoms with Crippen LogP contribution in [0.5, 0.6) is 0 Å². The molecule has 1 aliphatic rings. The van der Waals surface area contributed by atoms with E-state index in [0.717, 1.165) is 25.7 Å². The minimum absolute atomic E-state index is 0.0414. The predicted molar refractivity (Wildman–Crippen MR) is 102 cm³/mol. The van der Waals surface area contributed by atoms with Crippen molar-refractivity contribution in [2.75, 3.05) is 13.1 Å². The van der Waals surface area contributed by atoms with E-state index in [1.54, 1.807) is 13.8 Å². The summed E-state index contributed by atoms with van der Waals surface area (Å²) in [6.07, 6.45) is 4.08. The van der Waals surface area contributed by atoms with Crippen molar-refractivity contribution in [1.82, 2.24) is 9.62 Å². The summed E-state index contributed by atoms with van der Waals surface area (Å²) in [5.74, 6) is -1.27. The maximum absolute atomic E-state index is 12.8. The topological polar surface area (TPSA) is 104 Å². The van der Waals surface area contributed by atoms with Crippen molar-refractivity contribution in [3.05, 3.63) is 29.8 Å². The van der Waals surface area contributed by atoms with E-state index in [0.29, 0.717) is 25.1 Å². The van der Waals surface area contributed by atoms with Gasteiger partial charge in [0, 0.05) is 30.6 Å². The van der Waals surface area contributed by atoms with Crippen LogP contribution >= 0.6 is 0 Å². The molecule has 2 N–H and O–H groups in total. The molecule has 0 saturated carbocycles. The lowest BCUT2D eigenvalue weighted by Gasteiger charge is -2.25. The summed E-state index contributed by atoms with van der Waals surface area (Å²) in [6.45, 7) is 4.57. The first kappa shape index (κ1) is 21.4.